The van der Waals surface area contributed by atoms with E-state index in [0.29, 0.717) is 27.7 Å². The van der Waals surface area contributed by atoms with E-state index in [1.165, 1.54) is 24.3 Å². The minimum Gasteiger partial charge on any atom is -0.252 e. The SMILES string of the molecule is CCC(=NNc1nc(C(F)(F)F)c(-c2ccc(Cl)cc2)s1)c1ccc(Cl)cc1. The van der Waals surface area contributed by atoms with Crippen LogP contribution in [-0.2, 0) is 6.18 Å². The summed E-state index contributed by atoms with van der Waals surface area (Å²) in [7, 11) is 0. The van der Waals surface area contributed by atoms with Gasteiger partial charge in [0.2, 0.25) is 5.13 Å². The molecule has 0 saturated carbocycles. The number of benzene rings is 2. The molecule has 28 heavy (non-hydrogen) atoms. The zero-order valence-corrected chi connectivity index (χ0v) is 16.8. The maximum absolute atomic E-state index is 13.4. The molecule has 3 nitrogen and oxygen atoms in total. The van der Waals surface area contributed by atoms with Crippen LogP contribution in [-0.4, -0.2) is 10.7 Å². The highest BCUT2D eigenvalue weighted by atomic mass is 35.5. The van der Waals surface area contributed by atoms with E-state index in [0.717, 1.165) is 16.9 Å². The van der Waals surface area contributed by atoms with Crippen molar-refractivity contribution in [3.63, 3.8) is 0 Å². The van der Waals surface area contributed by atoms with E-state index in [1.807, 2.05) is 6.92 Å². The Labute approximate surface area is 173 Å². The molecule has 0 radical (unpaired) electrons. The average molecular weight is 444 g/mol. The van der Waals surface area contributed by atoms with Crippen molar-refractivity contribution >= 4 is 45.4 Å². The Morgan fingerprint density at radius 1 is 1.04 bits per heavy atom. The predicted molar refractivity (Wildman–Crippen MR) is 109 cm³/mol. The van der Waals surface area contributed by atoms with Gasteiger partial charge in [0, 0.05) is 10.0 Å². The summed E-state index contributed by atoms with van der Waals surface area (Å²) in [5, 5.41) is 5.33. The number of rotatable bonds is 5. The molecule has 0 saturated heterocycles. The number of nitrogens with zero attached hydrogens (tertiary/aromatic N) is 2. The van der Waals surface area contributed by atoms with Gasteiger partial charge in [-0.1, -0.05) is 65.7 Å². The normalized spacial score (nSPS) is 12.3. The van der Waals surface area contributed by atoms with Gasteiger partial charge in [-0.15, -0.1) is 0 Å². The van der Waals surface area contributed by atoms with Crippen molar-refractivity contribution < 1.29 is 13.2 Å². The molecule has 0 spiro atoms. The highest BCUT2D eigenvalue weighted by Crippen LogP contribution is 2.42. The Morgan fingerprint density at radius 3 is 2.14 bits per heavy atom. The van der Waals surface area contributed by atoms with Gasteiger partial charge in [-0.3, -0.25) is 5.43 Å². The Bertz CT molecular complexity index is 981. The molecule has 0 amide bonds. The summed E-state index contributed by atoms with van der Waals surface area (Å²) in [5.74, 6) is 0. The molecule has 0 fully saturated rings. The highest BCUT2D eigenvalue weighted by Gasteiger charge is 2.38. The lowest BCUT2D eigenvalue weighted by atomic mass is 10.1. The number of hydrogen-bond acceptors (Lipinski definition) is 4. The lowest BCUT2D eigenvalue weighted by molar-refractivity contribution is -0.140. The molecular formula is C19H14Cl2F3N3S. The van der Waals surface area contributed by atoms with Crippen LogP contribution in [0.1, 0.15) is 24.6 Å². The van der Waals surface area contributed by atoms with Crippen molar-refractivity contribution in [3.8, 4) is 10.4 Å². The summed E-state index contributed by atoms with van der Waals surface area (Å²) in [5.41, 5.74) is 3.59. The van der Waals surface area contributed by atoms with E-state index in [1.54, 1.807) is 24.3 Å². The van der Waals surface area contributed by atoms with Crippen LogP contribution in [0.4, 0.5) is 18.3 Å². The lowest BCUT2D eigenvalue weighted by Crippen LogP contribution is -2.07. The first kappa shape index (κ1) is 20.6. The summed E-state index contributed by atoms with van der Waals surface area (Å²) in [6.07, 6.45) is -4.00. The van der Waals surface area contributed by atoms with Crippen molar-refractivity contribution in [2.24, 2.45) is 5.10 Å². The fraction of sp³-hybridized carbons (Fsp3) is 0.158. The summed E-state index contributed by atoms with van der Waals surface area (Å²) in [6.45, 7) is 1.90. The number of alkyl halides is 3. The van der Waals surface area contributed by atoms with Crippen LogP contribution in [0, 0.1) is 0 Å². The van der Waals surface area contributed by atoms with E-state index in [9.17, 15) is 13.2 Å². The van der Waals surface area contributed by atoms with E-state index in [4.69, 9.17) is 23.2 Å². The second-order valence-electron chi connectivity index (χ2n) is 5.73. The second-order valence-corrected chi connectivity index (χ2v) is 7.60. The molecular weight excluding hydrogens is 430 g/mol. The third-order valence-electron chi connectivity index (χ3n) is 3.80. The summed E-state index contributed by atoms with van der Waals surface area (Å²) < 4.78 is 40.3. The minimum absolute atomic E-state index is 0.00593. The van der Waals surface area contributed by atoms with Crippen LogP contribution >= 0.6 is 34.5 Å². The molecule has 0 unspecified atom stereocenters. The van der Waals surface area contributed by atoms with Gasteiger partial charge in [-0.25, -0.2) is 4.98 Å². The largest absolute Gasteiger partial charge is 0.434 e. The number of nitrogens with one attached hydrogen (secondary N) is 1. The van der Waals surface area contributed by atoms with Crippen molar-refractivity contribution in [1.82, 2.24) is 4.98 Å². The number of halogens is 5. The number of hydrogen-bond donors (Lipinski definition) is 1. The number of thiazole rings is 1. The van der Waals surface area contributed by atoms with Crippen molar-refractivity contribution in [2.45, 2.75) is 19.5 Å². The molecule has 0 bridgehead atoms. The quantitative estimate of drug-likeness (QED) is 0.330. The standard InChI is InChI=1S/C19H14Cl2F3N3S/c1-2-15(11-3-7-13(20)8-4-11)26-27-18-25-17(19(22,23)24)16(28-18)12-5-9-14(21)10-6-12/h3-10H,2H2,1H3,(H,25,27). The molecule has 2 aromatic carbocycles. The molecule has 146 valence electrons. The fourth-order valence-corrected chi connectivity index (χ4v) is 3.65. The van der Waals surface area contributed by atoms with Crippen LogP contribution in [0.5, 0.6) is 0 Å². The minimum atomic E-state index is -4.58. The van der Waals surface area contributed by atoms with Crippen molar-refractivity contribution in [1.29, 1.82) is 0 Å². The van der Waals surface area contributed by atoms with Gasteiger partial charge in [0.1, 0.15) is 0 Å². The first-order valence-corrected chi connectivity index (χ1v) is 9.77. The van der Waals surface area contributed by atoms with Gasteiger partial charge in [-0.2, -0.15) is 18.3 Å². The molecule has 0 aliphatic carbocycles. The topological polar surface area (TPSA) is 37.3 Å². The smallest absolute Gasteiger partial charge is 0.252 e. The first-order chi connectivity index (χ1) is 13.3. The summed E-state index contributed by atoms with van der Waals surface area (Å²) in [4.78, 5) is 3.72. The fourth-order valence-electron chi connectivity index (χ4n) is 2.46. The third-order valence-corrected chi connectivity index (χ3v) is 5.31. The molecule has 3 rings (SSSR count). The van der Waals surface area contributed by atoms with Gasteiger partial charge < -0.3 is 0 Å². The van der Waals surface area contributed by atoms with Crippen LogP contribution < -0.4 is 5.43 Å². The Kier molecular flexibility index (Phi) is 6.27. The molecule has 3 aromatic rings. The van der Waals surface area contributed by atoms with Gasteiger partial charge >= 0.3 is 6.18 Å². The van der Waals surface area contributed by atoms with Crippen molar-refractivity contribution in [3.05, 3.63) is 69.8 Å². The zero-order valence-electron chi connectivity index (χ0n) is 14.5. The molecule has 0 aliphatic heterocycles. The predicted octanol–water partition coefficient (Wildman–Crippen LogP) is 7.36. The van der Waals surface area contributed by atoms with Crippen LogP contribution in [0.15, 0.2) is 53.6 Å². The Hall–Kier alpha value is -2.09. The van der Waals surface area contributed by atoms with E-state index < -0.39 is 11.9 Å². The molecule has 0 atom stereocenters. The monoisotopic (exact) mass is 443 g/mol. The van der Waals surface area contributed by atoms with Gasteiger partial charge in [0.15, 0.2) is 5.69 Å². The average Bonchev–Trinajstić information content (AvgIpc) is 3.09. The number of anilines is 1. The maximum Gasteiger partial charge on any atom is 0.434 e. The van der Waals surface area contributed by atoms with Gasteiger partial charge in [0.25, 0.3) is 0 Å². The van der Waals surface area contributed by atoms with Crippen LogP contribution in [0.2, 0.25) is 10.0 Å². The first-order valence-electron chi connectivity index (χ1n) is 8.20. The maximum atomic E-state index is 13.4. The highest BCUT2D eigenvalue weighted by molar-refractivity contribution is 7.19. The summed E-state index contributed by atoms with van der Waals surface area (Å²) >= 11 is 12.6. The van der Waals surface area contributed by atoms with E-state index >= 15 is 0 Å². The molecule has 1 N–H and O–H groups in total. The zero-order chi connectivity index (χ0) is 20.3. The van der Waals surface area contributed by atoms with Gasteiger partial charge in [-0.05, 0) is 41.8 Å². The molecule has 1 aromatic heterocycles. The number of hydrazone groups is 1. The second kappa shape index (κ2) is 8.51. The molecule has 9 heteroatoms. The van der Waals surface area contributed by atoms with Crippen molar-refractivity contribution in [2.75, 3.05) is 5.43 Å². The number of aromatic nitrogens is 1. The Balaban J connectivity index is 1.94. The molecule has 1 heterocycles. The van der Waals surface area contributed by atoms with Gasteiger partial charge in [0.05, 0.1) is 10.6 Å². The molecule has 0 aliphatic rings. The van der Waals surface area contributed by atoms with E-state index in [2.05, 4.69) is 15.5 Å². The van der Waals surface area contributed by atoms with Crippen LogP contribution in [0.25, 0.3) is 10.4 Å². The lowest BCUT2D eigenvalue weighted by Gasteiger charge is -2.06. The summed E-state index contributed by atoms with van der Waals surface area (Å²) in [6, 6.07) is 13.2. The Morgan fingerprint density at radius 2 is 1.61 bits per heavy atom. The third kappa shape index (κ3) is 4.84. The van der Waals surface area contributed by atoms with Crippen LogP contribution in [0.3, 0.4) is 0 Å². The van der Waals surface area contributed by atoms with E-state index in [-0.39, 0.29) is 10.0 Å².